The molecule has 1 aromatic rings. The fourth-order valence-electron chi connectivity index (χ4n) is 1.72. The molecule has 0 bridgehead atoms. The molecule has 2 nitrogen and oxygen atoms in total. The van der Waals surface area contributed by atoms with Crippen LogP contribution in [0.2, 0.25) is 0 Å². The van der Waals surface area contributed by atoms with Gasteiger partial charge in [0.1, 0.15) is 5.82 Å². The summed E-state index contributed by atoms with van der Waals surface area (Å²) in [4.78, 5) is 0. The molecule has 0 aliphatic rings. The average Bonchev–Trinajstić information content (AvgIpc) is 2.29. The molecule has 1 rings (SSSR count). The second-order valence-corrected chi connectivity index (χ2v) is 4.17. The Bertz CT molecular complexity index is 365. The Morgan fingerprint density at radius 3 is 2.44 bits per heavy atom. The van der Waals surface area contributed by atoms with E-state index in [1.165, 1.54) is 6.07 Å². The molecule has 3 N–H and O–H groups in total. The van der Waals surface area contributed by atoms with Crippen LogP contribution in [0.4, 0.5) is 17.6 Å². The van der Waals surface area contributed by atoms with Crippen molar-refractivity contribution in [3.63, 3.8) is 0 Å². The Balaban J connectivity index is 2.45. The van der Waals surface area contributed by atoms with Gasteiger partial charge >= 0.3 is 6.18 Å². The molecule has 18 heavy (non-hydrogen) atoms. The summed E-state index contributed by atoms with van der Waals surface area (Å²) < 4.78 is 49.3. The summed E-state index contributed by atoms with van der Waals surface area (Å²) in [5, 5.41) is 0. The van der Waals surface area contributed by atoms with Crippen LogP contribution in [0.5, 0.6) is 0 Å². The number of nitrogens with two attached hydrogens (primary N) is 1. The zero-order valence-electron chi connectivity index (χ0n) is 9.80. The molecular weight excluding hydrogens is 248 g/mol. The third-order valence-corrected chi connectivity index (χ3v) is 2.67. The number of nitrogens with one attached hydrogen (secondary N) is 1. The van der Waals surface area contributed by atoms with Crippen LogP contribution in [0.15, 0.2) is 24.3 Å². The summed E-state index contributed by atoms with van der Waals surface area (Å²) in [6, 6.07) is 5.81. The van der Waals surface area contributed by atoms with Crippen LogP contribution in [0.25, 0.3) is 0 Å². The quantitative estimate of drug-likeness (QED) is 0.471. The maximum absolute atomic E-state index is 13.3. The van der Waals surface area contributed by atoms with Gasteiger partial charge in [0, 0.05) is 12.5 Å². The summed E-state index contributed by atoms with van der Waals surface area (Å²) >= 11 is 0. The molecule has 0 aliphatic heterocycles. The molecule has 1 unspecified atom stereocenters. The van der Waals surface area contributed by atoms with Crippen molar-refractivity contribution in [2.24, 2.45) is 5.84 Å². The molecule has 0 saturated heterocycles. The van der Waals surface area contributed by atoms with Crippen LogP contribution in [0.3, 0.4) is 0 Å². The number of hydrogen-bond acceptors (Lipinski definition) is 2. The van der Waals surface area contributed by atoms with E-state index >= 15 is 0 Å². The van der Waals surface area contributed by atoms with E-state index in [4.69, 9.17) is 5.84 Å². The van der Waals surface area contributed by atoms with E-state index in [0.29, 0.717) is 5.56 Å². The van der Waals surface area contributed by atoms with Crippen molar-refractivity contribution in [1.29, 1.82) is 0 Å². The average molecular weight is 264 g/mol. The summed E-state index contributed by atoms with van der Waals surface area (Å²) in [6.07, 6.45) is -4.49. The van der Waals surface area contributed by atoms with E-state index in [0.717, 1.165) is 0 Å². The molecule has 102 valence electrons. The summed E-state index contributed by atoms with van der Waals surface area (Å²) in [5.74, 6) is 4.90. The lowest BCUT2D eigenvalue weighted by molar-refractivity contribution is -0.135. The fraction of sp³-hybridized carbons (Fsp3) is 0.500. The molecule has 0 amide bonds. The second-order valence-electron chi connectivity index (χ2n) is 4.17. The van der Waals surface area contributed by atoms with Gasteiger partial charge in [0.15, 0.2) is 0 Å². The third kappa shape index (κ3) is 5.46. The summed E-state index contributed by atoms with van der Waals surface area (Å²) in [5.41, 5.74) is 2.88. The molecule has 1 aromatic carbocycles. The van der Waals surface area contributed by atoms with Gasteiger partial charge in [0.05, 0.1) is 0 Å². The third-order valence-electron chi connectivity index (χ3n) is 2.67. The van der Waals surface area contributed by atoms with Crippen molar-refractivity contribution in [1.82, 2.24) is 5.43 Å². The first kappa shape index (κ1) is 14.9. The molecule has 0 aromatic heterocycles. The number of hydrazine groups is 1. The van der Waals surface area contributed by atoms with E-state index in [1.807, 2.05) is 0 Å². The zero-order chi connectivity index (χ0) is 13.6. The Kier molecular flexibility index (Phi) is 5.55. The van der Waals surface area contributed by atoms with Gasteiger partial charge in [0.2, 0.25) is 0 Å². The van der Waals surface area contributed by atoms with Crippen molar-refractivity contribution >= 4 is 0 Å². The molecule has 6 heteroatoms. The smallest absolute Gasteiger partial charge is 0.271 e. The van der Waals surface area contributed by atoms with Gasteiger partial charge in [0.25, 0.3) is 0 Å². The topological polar surface area (TPSA) is 38.0 Å². The molecule has 0 saturated carbocycles. The van der Waals surface area contributed by atoms with E-state index in [1.54, 1.807) is 18.2 Å². The van der Waals surface area contributed by atoms with Crippen LogP contribution < -0.4 is 11.3 Å². The van der Waals surface area contributed by atoms with Crippen molar-refractivity contribution in [3.05, 3.63) is 35.6 Å². The molecule has 0 spiro atoms. The zero-order valence-corrected chi connectivity index (χ0v) is 9.80. The van der Waals surface area contributed by atoms with Crippen molar-refractivity contribution in [2.45, 2.75) is 37.9 Å². The standard InChI is InChI=1S/C12H16F4N2/c13-11-6-2-1-4-9(11)8-10(18-17)5-3-7-12(14,15)16/h1-2,4,6,10,18H,3,5,7-8,17H2. The lowest BCUT2D eigenvalue weighted by Gasteiger charge is -2.16. The van der Waals surface area contributed by atoms with Gasteiger partial charge < -0.3 is 0 Å². The van der Waals surface area contributed by atoms with Crippen LogP contribution >= 0.6 is 0 Å². The van der Waals surface area contributed by atoms with Gasteiger partial charge in [-0.15, -0.1) is 0 Å². The number of halogens is 4. The molecule has 0 aliphatic carbocycles. The van der Waals surface area contributed by atoms with Crippen LogP contribution in [-0.4, -0.2) is 12.2 Å². The van der Waals surface area contributed by atoms with E-state index in [-0.39, 0.29) is 31.1 Å². The number of hydrogen-bond donors (Lipinski definition) is 2. The highest BCUT2D eigenvalue weighted by Gasteiger charge is 2.26. The highest BCUT2D eigenvalue weighted by atomic mass is 19.4. The summed E-state index contributed by atoms with van der Waals surface area (Å²) in [7, 11) is 0. The fourth-order valence-corrected chi connectivity index (χ4v) is 1.72. The molecular formula is C12H16F4N2. The first-order chi connectivity index (χ1) is 8.42. The first-order valence-electron chi connectivity index (χ1n) is 5.68. The van der Waals surface area contributed by atoms with E-state index in [9.17, 15) is 17.6 Å². The van der Waals surface area contributed by atoms with Gasteiger partial charge in [-0.1, -0.05) is 18.2 Å². The molecule has 0 radical (unpaired) electrons. The predicted molar refractivity (Wildman–Crippen MR) is 61.1 cm³/mol. The summed E-state index contributed by atoms with van der Waals surface area (Å²) in [6.45, 7) is 0. The minimum absolute atomic E-state index is 0.0210. The highest BCUT2D eigenvalue weighted by molar-refractivity contribution is 5.18. The maximum Gasteiger partial charge on any atom is 0.389 e. The predicted octanol–water partition coefficient (Wildman–Crippen LogP) is 2.93. The Morgan fingerprint density at radius 2 is 1.89 bits per heavy atom. The molecule has 0 heterocycles. The first-order valence-corrected chi connectivity index (χ1v) is 5.68. The monoisotopic (exact) mass is 264 g/mol. The van der Waals surface area contributed by atoms with Gasteiger partial charge in [-0.05, 0) is 30.9 Å². The Labute approximate surface area is 103 Å². The normalized spacial score (nSPS) is 13.6. The van der Waals surface area contributed by atoms with Crippen molar-refractivity contribution < 1.29 is 17.6 Å². The SMILES string of the molecule is NNC(CCCC(F)(F)F)Cc1ccccc1F. The lowest BCUT2D eigenvalue weighted by atomic mass is 10.0. The highest BCUT2D eigenvalue weighted by Crippen LogP contribution is 2.23. The minimum Gasteiger partial charge on any atom is -0.271 e. The van der Waals surface area contributed by atoms with Crippen LogP contribution in [-0.2, 0) is 6.42 Å². The number of benzene rings is 1. The number of rotatable bonds is 6. The van der Waals surface area contributed by atoms with Crippen molar-refractivity contribution in [3.8, 4) is 0 Å². The van der Waals surface area contributed by atoms with Crippen LogP contribution in [0, 0.1) is 5.82 Å². The van der Waals surface area contributed by atoms with E-state index < -0.39 is 12.6 Å². The molecule has 1 atom stereocenters. The lowest BCUT2D eigenvalue weighted by Crippen LogP contribution is -2.37. The van der Waals surface area contributed by atoms with Crippen LogP contribution in [0.1, 0.15) is 24.8 Å². The second kappa shape index (κ2) is 6.70. The van der Waals surface area contributed by atoms with Crippen molar-refractivity contribution in [2.75, 3.05) is 0 Å². The Hall–Kier alpha value is -1.14. The van der Waals surface area contributed by atoms with E-state index in [2.05, 4.69) is 5.43 Å². The van der Waals surface area contributed by atoms with Gasteiger partial charge in [-0.2, -0.15) is 13.2 Å². The largest absolute Gasteiger partial charge is 0.389 e. The minimum atomic E-state index is -4.16. The van der Waals surface area contributed by atoms with Gasteiger partial charge in [-0.3, -0.25) is 11.3 Å². The maximum atomic E-state index is 13.3. The molecule has 0 fully saturated rings. The van der Waals surface area contributed by atoms with Gasteiger partial charge in [-0.25, -0.2) is 4.39 Å². The Morgan fingerprint density at radius 1 is 1.22 bits per heavy atom. The number of alkyl halides is 3.